The SMILES string of the molecule is CCCCCCCCCCOc1cnc([C@H]2CC[C@H]([C@H]3CC[C@H]([C@H]4CC[C@H](CCCCC)CC4)CC3)CC2)nc1. The van der Waals surface area contributed by atoms with E-state index in [1.165, 1.54) is 135 Å². The Bertz CT molecular complexity index is 755. The zero-order valence-electron chi connectivity index (χ0n) is 26.6. The highest BCUT2D eigenvalue weighted by molar-refractivity contribution is 5.14. The van der Waals surface area contributed by atoms with Gasteiger partial charge in [-0.2, -0.15) is 0 Å². The van der Waals surface area contributed by atoms with Crippen molar-refractivity contribution in [2.45, 2.75) is 174 Å². The van der Waals surface area contributed by atoms with Crippen LogP contribution in [-0.2, 0) is 0 Å². The molecule has 0 aliphatic heterocycles. The van der Waals surface area contributed by atoms with Gasteiger partial charge in [0.25, 0.3) is 0 Å². The van der Waals surface area contributed by atoms with Gasteiger partial charge in [0.15, 0.2) is 5.75 Å². The molecule has 0 amide bonds. The van der Waals surface area contributed by atoms with Crippen LogP contribution in [0.15, 0.2) is 12.4 Å². The Morgan fingerprint density at radius 3 is 1.55 bits per heavy atom. The summed E-state index contributed by atoms with van der Waals surface area (Å²) in [6.45, 7) is 5.41. The predicted molar refractivity (Wildman–Crippen MR) is 170 cm³/mol. The molecule has 1 aromatic rings. The monoisotopic (exact) mass is 553 g/mol. The van der Waals surface area contributed by atoms with E-state index in [4.69, 9.17) is 14.7 Å². The summed E-state index contributed by atoms with van der Waals surface area (Å²) in [5.74, 6) is 7.59. The van der Waals surface area contributed by atoms with Crippen molar-refractivity contribution in [3.05, 3.63) is 18.2 Å². The minimum absolute atomic E-state index is 0.557. The van der Waals surface area contributed by atoms with Crippen molar-refractivity contribution in [3.63, 3.8) is 0 Å². The average molecular weight is 553 g/mol. The summed E-state index contributed by atoms with van der Waals surface area (Å²) in [6.07, 6.45) is 37.9. The summed E-state index contributed by atoms with van der Waals surface area (Å²) < 4.78 is 5.94. The van der Waals surface area contributed by atoms with Gasteiger partial charge in [-0.25, -0.2) is 9.97 Å². The molecule has 0 saturated heterocycles. The van der Waals surface area contributed by atoms with Gasteiger partial charge in [-0.15, -0.1) is 0 Å². The van der Waals surface area contributed by atoms with Crippen molar-refractivity contribution in [2.24, 2.45) is 29.6 Å². The molecule has 3 aliphatic carbocycles. The lowest BCUT2D eigenvalue weighted by Gasteiger charge is -2.41. The van der Waals surface area contributed by atoms with Crippen LogP contribution in [-0.4, -0.2) is 16.6 Å². The van der Waals surface area contributed by atoms with E-state index in [2.05, 4.69) is 13.8 Å². The smallest absolute Gasteiger partial charge is 0.155 e. The Labute approximate surface area is 248 Å². The summed E-state index contributed by atoms with van der Waals surface area (Å²) in [5.41, 5.74) is 0. The second-order valence-corrected chi connectivity index (χ2v) is 14.2. The summed E-state index contributed by atoms with van der Waals surface area (Å²) >= 11 is 0. The standard InChI is InChI=1S/C37H64N2O/c1-3-5-7-8-9-10-11-13-27-40-36-28-38-37(39-29-36)35-25-23-34(24-26-35)33-21-19-32(20-22-33)31-17-15-30(16-18-31)14-12-6-4-2/h28-35H,3-27H2,1-2H3/t30-,31-,32-,33-,34-,35-. The van der Waals surface area contributed by atoms with Crippen LogP contribution in [0.5, 0.6) is 5.75 Å². The fraction of sp³-hybridized carbons (Fsp3) is 0.892. The zero-order chi connectivity index (χ0) is 27.8. The van der Waals surface area contributed by atoms with E-state index in [9.17, 15) is 0 Å². The molecule has 40 heavy (non-hydrogen) atoms. The minimum atomic E-state index is 0.557. The Morgan fingerprint density at radius 1 is 0.550 bits per heavy atom. The van der Waals surface area contributed by atoms with Crippen molar-refractivity contribution in [2.75, 3.05) is 6.61 Å². The quantitative estimate of drug-likeness (QED) is 0.180. The van der Waals surface area contributed by atoms with E-state index in [0.717, 1.165) is 54.2 Å². The van der Waals surface area contributed by atoms with Gasteiger partial charge in [0, 0.05) is 5.92 Å². The summed E-state index contributed by atoms with van der Waals surface area (Å²) in [7, 11) is 0. The molecule has 1 heterocycles. The molecular formula is C37H64N2O. The van der Waals surface area contributed by atoms with Crippen molar-refractivity contribution < 1.29 is 4.74 Å². The molecular weight excluding hydrogens is 488 g/mol. The van der Waals surface area contributed by atoms with Gasteiger partial charge in [0.1, 0.15) is 5.82 Å². The number of unbranched alkanes of at least 4 members (excludes halogenated alkanes) is 9. The lowest BCUT2D eigenvalue weighted by Crippen LogP contribution is -2.29. The third kappa shape index (κ3) is 10.6. The molecule has 228 valence electrons. The molecule has 3 heteroatoms. The van der Waals surface area contributed by atoms with Gasteiger partial charge in [-0.05, 0) is 100 Å². The number of hydrogen-bond acceptors (Lipinski definition) is 3. The molecule has 0 atom stereocenters. The predicted octanol–water partition coefficient (Wildman–Crippen LogP) is 11.5. The van der Waals surface area contributed by atoms with Crippen LogP contribution in [0.25, 0.3) is 0 Å². The molecule has 3 fully saturated rings. The van der Waals surface area contributed by atoms with Crippen LogP contribution in [0.3, 0.4) is 0 Å². The van der Waals surface area contributed by atoms with Crippen LogP contribution in [0.2, 0.25) is 0 Å². The number of hydrogen-bond donors (Lipinski definition) is 0. The molecule has 4 rings (SSSR count). The molecule has 3 aliphatic rings. The van der Waals surface area contributed by atoms with E-state index >= 15 is 0 Å². The summed E-state index contributed by atoms with van der Waals surface area (Å²) in [5, 5.41) is 0. The molecule has 0 spiro atoms. The van der Waals surface area contributed by atoms with E-state index in [1.54, 1.807) is 12.8 Å². The third-order valence-electron chi connectivity index (χ3n) is 11.3. The average Bonchev–Trinajstić information content (AvgIpc) is 3.01. The molecule has 0 N–H and O–H groups in total. The van der Waals surface area contributed by atoms with Crippen molar-refractivity contribution in [3.8, 4) is 5.75 Å². The first-order valence-electron chi connectivity index (χ1n) is 18.2. The Balaban J connectivity index is 1.06. The highest BCUT2D eigenvalue weighted by atomic mass is 16.5. The molecule has 0 radical (unpaired) electrons. The van der Waals surface area contributed by atoms with E-state index in [-0.39, 0.29) is 0 Å². The van der Waals surface area contributed by atoms with Gasteiger partial charge in [0.05, 0.1) is 19.0 Å². The van der Waals surface area contributed by atoms with Gasteiger partial charge in [-0.1, -0.05) is 97.3 Å². The fourth-order valence-electron chi connectivity index (χ4n) is 8.61. The molecule has 0 aromatic carbocycles. The summed E-state index contributed by atoms with van der Waals surface area (Å²) in [4.78, 5) is 9.50. The lowest BCUT2D eigenvalue weighted by molar-refractivity contribution is 0.108. The maximum atomic E-state index is 5.94. The van der Waals surface area contributed by atoms with Gasteiger partial charge < -0.3 is 4.74 Å². The Hall–Kier alpha value is -1.12. The first-order valence-corrected chi connectivity index (χ1v) is 18.2. The van der Waals surface area contributed by atoms with E-state index < -0.39 is 0 Å². The molecule has 0 bridgehead atoms. The molecule has 3 saturated carbocycles. The highest BCUT2D eigenvalue weighted by Gasteiger charge is 2.35. The first kappa shape index (κ1) is 31.8. The lowest BCUT2D eigenvalue weighted by atomic mass is 9.65. The third-order valence-corrected chi connectivity index (χ3v) is 11.3. The number of ether oxygens (including phenoxy) is 1. The number of aromatic nitrogens is 2. The fourth-order valence-corrected chi connectivity index (χ4v) is 8.61. The maximum absolute atomic E-state index is 5.94. The van der Waals surface area contributed by atoms with Crippen molar-refractivity contribution >= 4 is 0 Å². The van der Waals surface area contributed by atoms with Crippen molar-refractivity contribution in [1.29, 1.82) is 0 Å². The normalized spacial score (nSPS) is 29.4. The number of rotatable bonds is 17. The Kier molecular flexibility index (Phi) is 14.7. The van der Waals surface area contributed by atoms with E-state index in [1.807, 2.05) is 12.4 Å². The van der Waals surface area contributed by atoms with Crippen LogP contribution < -0.4 is 4.74 Å². The highest BCUT2D eigenvalue weighted by Crippen LogP contribution is 2.47. The van der Waals surface area contributed by atoms with Crippen LogP contribution in [0.1, 0.15) is 180 Å². The minimum Gasteiger partial charge on any atom is -0.490 e. The Morgan fingerprint density at radius 2 is 1.00 bits per heavy atom. The van der Waals surface area contributed by atoms with Gasteiger partial charge >= 0.3 is 0 Å². The van der Waals surface area contributed by atoms with Crippen molar-refractivity contribution in [1.82, 2.24) is 9.97 Å². The van der Waals surface area contributed by atoms with E-state index in [0.29, 0.717) is 5.92 Å². The van der Waals surface area contributed by atoms with Gasteiger partial charge in [-0.3, -0.25) is 0 Å². The molecule has 3 nitrogen and oxygen atoms in total. The van der Waals surface area contributed by atoms with Crippen LogP contribution in [0.4, 0.5) is 0 Å². The van der Waals surface area contributed by atoms with Crippen LogP contribution >= 0.6 is 0 Å². The van der Waals surface area contributed by atoms with Crippen LogP contribution in [0, 0.1) is 29.6 Å². The summed E-state index contributed by atoms with van der Waals surface area (Å²) in [6, 6.07) is 0. The second kappa shape index (κ2) is 18.4. The number of nitrogens with zero attached hydrogens (tertiary/aromatic N) is 2. The van der Waals surface area contributed by atoms with Gasteiger partial charge in [0.2, 0.25) is 0 Å². The molecule has 1 aromatic heterocycles. The second-order valence-electron chi connectivity index (χ2n) is 14.2. The topological polar surface area (TPSA) is 35.0 Å². The maximum Gasteiger partial charge on any atom is 0.155 e. The molecule has 0 unspecified atom stereocenters. The first-order chi connectivity index (χ1) is 19.8. The largest absolute Gasteiger partial charge is 0.490 e. The zero-order valence-corrected chi connectivity index (χ0v) is 26.6.